The van der Waals surface area contributed by atoms with Crippen LogP contribution in [0.3, 0.4) is 0 Å². The Labute approximate surface area is 126 Å². The van der Waals surface area contributed by atoms with Crippen molar-refractivity contribution in [2.45, 2.75) is 52.2 Å². The van der Waals surface area contributed by atoms with Gasteiger partial charge >= 0.3 is 0 Å². The first kappa shape index (κ1) is 17.0. The quantitative estimate of drug-likeness (QED) is 0.435. The summed E-state index contributed by atoms with van der Waals surface area (Å²) in [6.45, 7) is 13.4. The molecule has 1 unspecified atom stereocenters. The van der Waals surface area contributed by atoms with Gasteiger partial charge in [-0.1, -0.05) is 79.7 Å². The van der Waals surface area contributed by atoms with E-state index in [1.807, 2.05) is 0 Å². The molecule has 1 aromatic carbocycles. The third-order valence-corrected chi connectivity index (χ3v) is 7.21. The SMILES string of the molecule is C=CC(CCC)C/C(C)=C\C[Si](C)(C)c1ccccc1. The highest BCUT2D eigenvalue weighted by atomic mass is 28.3. The van der Waals surface area contributed by atoms with Gasteiger partial charge in [0.2, 0.25) is 0 Å². The molecule has 0 saturated carbocycles. The van der Waals surface area contributed by atoms with E-state index in [4.69, 9.17) is 0 Å². The van der Waals surface area contributed by atoms with Gasteiger partial charge in [-0.15, -0.1) is 6.58 Å². The zero-order chi connectivity index (χ0) is 15.0. The van der Waals surface area contributed by atoms with Crippen molar-refractivity contribution in [1.29, 1.82) is 0 Å². The summed E-state index contributed by atoms with van der Waals surface area (Å²) in [5, 5.41) is 1.55. The number of allylic oxidation sites excluding steroid dienone is 3. The van der Waals surface area contributed by atoms with Crippen LogP contribution in [-0.2, 0) is 0 Å². The predicted octanol–water partition coefficient (Wildman–Crippen LogP) is 5.54. The second kappa shape index (κ2) is 8.26. The van der Waals surface area contributed by atoms with Crippen molar-refractivity contribution in [3.8, 4) is 0 Å². The normalized spacial score (nSPS) is 14.1. The lowest BCUT2D eigenvalue weighted by Crippen LogP contribution is -2.40. The molecule has 1 atom stereocenters. The zero-order valence-electron chi connectivity index (χ0n) is 13.7. The van der Waals surface area contributed by atoms with Gasteiger partial charge in [-0.05, 0) is 31.7 Å². The van der Waals surface area contributed by atoms with Crippen LogP contribution in [0.2, 0.25) is 19.1 Å². The van der Waals surface area contributed by atoms with Crippen LogP contribution >= 0.6 is 0 Å². The van der Waals surface area contributed by atoms with E-state index in [1.165, 1.54) is 30.9 Å². The molecule has 0 aliphatic carbocycles. The molecule has 0 radical (unpaired) electrons. The minimum Gasteiger partial charge on any atom is -0.103 e. The van der Waals surface area contributed by atoms with Crippen molar-refractivity contribution in [3.05, 3.63) is 54.6 Å². The lowest BCUT2D eigenvalue weighted by Gasteiger charge is -2.22. The highest BCUT2D eigenvalue weighted by molar-refractivity contribution is 6.90. The van der Waals surface area contributed by atoms with Crippen LogP contribution in [0.25, 0.3) is 0 Å². The van der Waals surface area contributed by atoms with Gasteiger partial charge in [-0.3, -0.25) is 0 Å². The van der Waals surface area contributed by atoms with E-state index in [-0.39, 0.29) is 0 Å². The molecule has 0 heterocycles. The summed E-state index contributed by atoms with van der Waals surface area (Å²) >= 11 is 0. The van der Waals surface area contributed by atoms with Gasteiger partial charge in [0.25, 0.3) is 0 Å². The standard InChI is InChI=1S/C19H30Si/c1-6-11-18(7-2)16-17(3)14-15-20(4,5)19-12-9-8-10-13-19/h7-10,12-14,18H,2,6,11,15-16H2,1,3-5H3/b17-14-. The Kier molecular flexibility index (Phi) is 7.01. The zero-order valence-corrected chi connectivity index (χ0v) is 14.7. The Morgan fingerprint density at radius 3 is 2.45 bits per heavy atom. The van der Waals surface area contributed by atoms with Crippen LogP contribution in [0.4, 0.5) is 0 Å². The second-order valence-corrected chi connectivity index (χ2v) is 11.2. The van der Waals surface area contributed by atoms with Gasteiger partial charge in [0, 0.05) is 0 Å². The number of benzene rings is 1. The molecule has 0 N–H and O–H groups in total. The van der Waals surface area contributed by atoms with Crippen LogP contribution in [0.5, 0.6) is 0 Å². The van der Waals surface area contributed by atoms with E-state index in [0.717, 1.165) is 0 Å². The Balaban J connectivity index is 2.63. The summed E-state index contributed by atoms with van der Waals surface area (Å²) in [4.78, 5) is 0. The molecule has 0 spiro atoms. The maximum atomic E-state index is 3.97. The monoisotopic (exact) mass is 286 g/mol. The Morgan fingerprint density at radius 2 is 1.90 bits per heavy atom. The molecular formula is C19H30Si. The van der Waals surface area contributed by atoms with Crippen molar-refractivity contribution in [3.63, 3.8) is 0 Å². The lowest BCUT2D eigenvalue weighted by molar-refractivity contribution is 0.575. The van der Waals surface area contributed by atoms with E-state index in [0.29, 0.717) is 5.92 Å². The highest BCUT2D eigenvalue weighted by Crippen LogP contribution is 2.20. The molecule has 0 aromatic heterocycles. The summed E-state index contributed by atoms with van der Waals surface area (Å²) in [6.07, 6.45) is 8.28. The molecule has 110 valence electrons. The summed E-state index contributed by atoms with van der Waals surface area (Å²) in [5.74, 6) is 0.651. The number of hydrogen-bond donors (Lipinski definition) is 0. The highest BCUT2D eigenvalue weighted by Gasteiger charge is 2.21. The Bertz CT molecular complexity index is 428. The molecule has 0 amide bonds. The Hall–Kier alpha value is -1.08. The molecule has 0 aliphatic rings. The van der Waals surface area contributed by atoms with Crippen LogP contribution < -0.4 is 5.19 Å². The van der Waals surface area contributed by atoms with E-state index < -0.39 is 8.07 Å². The topological polar surface area (TPSA) is 0 Å². The first-order valence-corrected chi connectivity index (χ1v) is 11.0. The number of hydrogen-bond acceptors (Lipinski definition) is 0. The summed E-state index contributed by atoms with van der Waals surface area (Å²) in [5.41, 5.74) is 1.53. The maximum Gasteiger partial charge on any atom is 0.0843 e. The molecule has 0 nitrogen and oxygen atoms in total. The third-order valence-electron chi connectivity index (χ3n) is 4.09. The van der Waals surface area contributed by atoms with Crippen LogP contribution in [0.15, 0.2) is 54.6 Å². The van der Waals surface area contributed by atoms with Gasteiger partial charge in [0.1, 0.15) is 0 Å². The van der Waals surface area contributed by atoms with Crippen LogP contribution in [-0.4, -0.2) is 8.07 Å². The minimum atomic E-state index is -1.32. The lowest BCUT2D eigenvalue weighted by atomic mass is 9.96. The van der Waals surface area contributed by atoms with Crippen molar-refractivity contribution >= 4 is 13.3 Å². The molecule has 20 heavy (non-hydrogen) atoms. The fourth-order valence-electron chi connectivity index (χ4n) is 2.61. The fraction of sp³-hybridized carbons (Fsp3) is 0.474. The average Bonchev–Trinajstić information content (AvgIpc) is 2.46. The second-order valence-electron chi connectivity index (χ2n) is 6.49. The first-order chi connectivity index (χ1) is 9.49. The van der Waals surface area contributed by atoms with Crippen molar-refractivity contribution in [1.82, 2.24) is 0 Å². The average molecular weight is 287 g/mol. The molecule has 1 rings (SSSR count). The summed E-state index contributed by atoms with van der Waals surface area (Å²) in [7, 11) is -1.32. The summed E-state index contributed by atoms with van der Waals surface area (Å²) in [6, 6.07) is 12.2. The van der Waals surface area contributed by atoms with Gasteiger partial charge in [-0.25, -0.2) is 0 Å². The van der Waals surface area contributed by atoms with Gasteiger partial charge in [-0.2, -0.15) is 0 Å². The summed E-state index contributed by atoms with van der Waals surface area (Å²) < 4.78 is 0. The largest absolute Gasteiger partial charge is 0.103 e. The maximum absolute atomic E-state index is 3.97. The third kappa shape index (κ3) is 5.50. The minimum absolute atomic E-state index is 0.651. The van der Waals surface area contributed by atoms with Gasteiger partial charge in [0.05, 0.1) is 8.07 Å². The predicted molar refractivity (Wildman–Crippen MR) is 95.3 cm³/mol. The van der Waals surface area contributed by atoms with Crippen molar-refractivity contribution in [2.75, 3.05) is 0 Å². The number of rotatable bonds is 8. The molecule has 0 bridgehead atoms. The molecule has 1 aromatic rings. The molecule has 1 heteroatoms. The van der Waals surface area contributed by atoms with Crippen molar-refractivity contribution < 1.29 is 0 Å². The van der Waals surface area contributed by atoms with E-state index in [9.17, 15) is 0 Å². The smallest absolute Gasteiger partial charge is 0.0843 e. The van der Waals surface area contributed by atoms with E-state index in [1.54, 1.807) is 5.19 Å². The molecule has 0 saturated heterocycles. The van der Waals surface area contributed by atoms with Crippen molar-refractivity contribution in [2.24, 2.45) is 5.92 Å². The molecular weight excluding hydrogens is 256 g/mol. The first-order valence-electron chi connectivity index (χ1n) is 7.83. The molecule has 0 fully saturated rings. The van der Waals surface area contributed by atoms with Gasteiger partial charge < -0.3 is 0 Å². The van der Waals surface area contributed by atoms with Crippen LogP contribution in [0, 0.1) is 5.92 Å². The Morgan fingerprint density at radius 1 is 1.25 bits per heavy atom. The van der Waals surface area contributed by atoms with Crippen LogP contribution in [0.1, 0.15) is 33.1 Å². The fourth-order valence-corrected chi connectivity index (χ4v) is 4.80. The van der Waals surface area contributed by atoms with Gasteiger partial charge in [0.15, 0.2) is 0 Å². The van der Waals surface area contributed by atoms with E-state index >= 15 is 0 Å². The van der Waals surface area contributed by atoms with E-state index in [2.05, 4.69) is 76.0 Å². The molecule has 0 aliphatic heterocycles.